The third kappa shape index (κ3) is 2.81. The first kappa shape index (κ1) is 13.3. The van der Waals surface area contributed by atoms with Crippen LogP contribution in [0.25, 0.3) is 0 Å². The Morgan fingerprint density at radius 2 is 2.28 bits per heavy atom. The second-order valence-electron chi connectivity index (χ2n) is 4.34. The van der Waals surface area contributed by atoms with Gasteiger partial charge in [0.2, 0.25) is 15.0 Å². The first-order valence-electron chi connectivity index (χ1n) is 5.49. The minimum absolute atomic E-state index is 0.0439. The maximum absolute atomic E-state index is 11.7. The van der Waals surface area contributed by atoms with Crippen molar-refractivity contribution in [1.82, 2.24) is 9.88 Å². The van der Waals surface area contributed by atoms with E-state index in [1.165, 1.54) is 4.90 Å². The first-order valence-corrected chi connectivity index (χ1v) is 7.87. The van der Waals surface area contributed by atoms with Gasteiger partial charge in [-0.15, -0.1) is 0 Å². The lowest BCUT2D eigenvalue weighted by molar-refractivity contribution is -0.128. The molecular weight excluding hydrogens is 276 g/mol. The van der Waals surface area contributed by atoms with Crippen LogP contribution in [0, 0.1) is 6.92 Å². The second kappa shape index (κ2) is 4.85. The van der Waals surface area contributed by atoms with Crippen LogP contribution in [-0.2, 0) is 20.4 Å². The molecule has 1 fully saturated rings. The van der Waals surface area contributed by atoms with Crippen LogP contribution in [0.5, 0.6) is 0 Å². The lowest BCUT2D eigenvalue weighted by atomic mass is 10.2. The molecule has 0 radical (unpaired) electrons. The molecule has 5 nitrogen and oxygen atoms in total. The van der Waals surface area contributed by atoms with Gasteiger partial charge < -0.3 is 4.90 Å². The SMILES string of the molecule is Cc1cccnc1CN1CC(S(=O)(=O)Cl)CC1=O. The third-order valence-electron chi connectivity index (χ3n) is 3.04. The van der Waals surface area contributed by atoms with Crippen LogP contribution in [0.15, 0.2) is 18.3 Å². The van der Waals surface area contributed by atoms with E-state index < -0.39 is 14.3 Å². The number of likely N-dealkylation sites (tertiary alicyclic amines) is 1. The molecule has 1 unspecified atom stereocenters. The summed E-state index contributed by atoms with van der Waals surface area (Å²) in [6, 6.07) is 3.72. The highest BCUT2D eigenvalue weighted by Crippen LogP contribution is 2.23. The quantitative estimate of drug-likeness (QED) is 0.780. The molecule has 0 aliphatic carbocycles. The largest absolute Gasteiger partial charge is 0.335 e. The fraction of sp³-hybridized carbons (Fsp3) is 0.455. The average Bonchev–Trinajstić information content (AvgIpc) is 2.63. The molecular formula is C11H13ClN2O3S. The van der Waals surface area contributed by atoms with Crippen LogP contribution in [0.3, 0.4) is 0 Å². The standard InChI is InChI=1S/C11H13ClN2O3S/c1-8-3-2-4-13-10(8)7-14-6-9(5-11(14)15)18(12,16)17/h2-4,9H,5-7H2,1H3. The summed E-state index contributed by atoms with van der Waals surface area (Å²) >= 11 is 0. The number of hydrogen-bond donors (Lipinski definition) is 0. The number of hydrogen-bond acceptors (Lipinski definition) is 4. The van der Waals surface area contributed by atoms with Crippen molar-refractivity contribution in [2.24, 2.45) is 0 Å². The molecule has 1 amide bonds. The van der Waals surface area contributed by atoms with E-state index in [-0.39, 0.29) is 18.9 Å². The van der Waals surface area contributed by atoms with Gasteiger partial charge in [-0.3, -0.25) is 9.78 Å². The van der Waals surface area contributed by atoms with Crippen molar-refractivity contribution in [2.75, 3.05) is 6.54 Å². The smallest absolute Gasteiger partial charge is 0.237 e. The summed E-state index contributed by atoms with van der Waals surface area (Å²) in [6.45, 7) is 2.37. The Labute approximate surface area is 110 Å². The van der Waals surface area contributed by atoms with Gasteiger partial charge in [-0.25, -0.2) is 8.42 Å². The molecule has 1 atom stereocenters. The topological polar surface area (TPSA) is 67.3 Å². The van der Waals surface area contributed by atoms with Gasteiger partial charge in [0, 0.05) is 29.8 Å². The zero-order valence-corrected chi connectivity index (χ0v) is 11.4. The minimum atomic E-state index is -3.68. The van der Waals surface area contributed by atoms with Gasteiger partial charge >= 0.3 is 0 Å². The molecule has 1 aromatic rings. The highest BCUT2D eigenvalue weighted by Gasteiger charge is 2.37. The van der Waals surface area contributed by atoms with Crippen LogP contribution in [-0.4, -0.2) is 36.0 Å². The summed E-state index contributed by atoms with van der Waals surface area (Å²) in [6.07, 6.45) is 1.61. The van der Waals surface area contributed by atoms with Crippen molar-refractivity contribution in [2.45, 2.75) is 25.1 Å². The third-order valence-corrected chi connectivity index (χ3v) is 4.90. The molecule has 18 heavy (non-hydrogen) atoms. The number of amides is 1. The van der Waals surface area contributed by atoms with Gasteiger partial charge in [-0.2, -0.15) is 0 Å². The molecule has 1 aliphatic rings. The van der Waals surface area contributed by atoms with Gasteiger partial charge in [0.05, 0.1) is 12.2 Å². The Hall–Kier alpha value is -1.14. The molecule has 2 heterocycles. The number of aromatic nitrogens is 1. The summed E-state index contributed by atoms with van der Waals surface area (Å²) in [5.41, 5.74) is 1.75. The molecule has 0 saturated carbocycles. The Bertz CT molecular complexity index is 573. The maximum atomic E-state index is 11.7. The Balaban J connectivity index is 2.13. The van der Waals surface area contributed by atoms with E-state index in [9.17, 15) is 13.2 Å². The average molecular weight is 289 g/mol. The van der Waals surface area contributed by atoms with Crippen LogP contribution in [0.2, 0.25) is 0 Å². The molecule has 98 valence electrons. The van der Waals surface area contributed by atoms with E-state index in [1.54, 1.807) is 6.20 Å². The summed E-state index contributed by atoms with van der Waals surface area (Å²) in [5, 5.41) is -0.810. The fourth-order valence-corrected chi connectivity index (χ4v) is 3.00. The van der Waals surface area contributed by atoms with Crippen molar-refractivity contribution in [1.29, 1.82) is 0 Å². The number of halogens is 1. The summed E-state index contributed by atoms with van der Waals surface area (Å²) in [7, 11) is 1.60. The number of rotatable bonds is 3. The van der Waals surface area contributed by atoms with Crippen molar-refractivity contribution in [3.8, 4) is 0 Å². The minimum Gasteiger partial charge on any atom is -0.335 e. The van der Waals surface area contributed by atoms with E-state index >= 15 is 0 Å². The number of carbonyl (C=O) groups excluding carboxylic acids is 1. The highest BCUT2D eigenvalue weighted by atomic mass is 35.7. The summed E-state index contributed by atoms with van der Waals surface area (Å²) in [5.74, 6) is -0.200. The van der Waals surface area contributed by atoms with E-state index in [0.29, 0.717) is 6.54 Å². The van der Waals surface area contributed by atoms with Gasteiger partial charge in [0.1, 0.15) is 5.25 Å². The molecule has 1 saturated heterocycles. The zero-order chi connectivity index (χ0) is 13.3. The Kier molecular flexibility index (Phi) is 3.59. The number of carbonyl (C=O) groups is 1. The van der Waals surface area contributed by atoms with Gasteiger partial charge in [-0.05, 0) is 18.6 Å². The molecule has 0 N–H and O–H groups in total. The van der Waals surface area contributed by atoms with Crippen molar-refractivity contribution in [3.63, 3.8) is 0 Å². The maximum Gasteiger partial charge on any atom is 0.237 e. The summed E-state index contributed by atoms with van der Waals surface area (Å²) < 4.78 is 22.4. The molecule has 0 aromatic carbocycles. The number of aryl methyl sites for hydroxylation is 1. The number of pyridine rings is 1. The first-order chi connectivity index (χ1) is 8.38. The van der Waals surface area contributed by atoms with Crippen molar-refractivity contribution >= 4 is 25.6 Å². The lowest BCUT2D eigenvalue weighted by Crippen LogP contribution is -2.27. The van der Waals surface area contributed by atoms with Gasteiger partial charge in [-0.1, -0.05) is 6.07 Å². The molecule has 1 aromatic heterocycles. The van der Waals surface area contributed by atoms with E-state index in [1.807, 2.05) is 19.1 Å². The fourth-order valence-electron chi connectivity index (χ4n) is 1.94. The molecule has 1 aliphatic heterocycles. The zero-order valence-electron chi connectivity index (χ0n) is 9.84. The highest BCUT2D eigenvalue weighted by molar-refractivity contribution is 8.14. The molecule has 0 bridgehead atoms. The van der Waals surface area contributed by atoms with Gasteiger partial charge in [0.25, 0.3) is 0 Å². The second-order valence-corrected chi connectivity index (χ2v) is 7.25. The van der Waals surface area contributed by atoms with E-state index in [2.05, 4.69) is 4.98 Å². The summed E-state index contributed by atoms with van der Waals surface area (Å²) in [4.78, 5) is 17.4. The predicted octanol–water partition coefficient (Wildman–Crippen LogP) is 1.06. The van der Waals surface area contributed by atoms with Gasteiger partial charge in [0.15, 0.2) is 0 Å². The molecule has 0 spiro atoms. The van der Waals surface area contributed by atoms with Crippen molar-refractivity contribution < 1.29 is 13.2 Å². The van der Waals surface area contributed by atoms with Crippen molar-refractivity contribution in [3.05, 3.63) is 29.6 Å². The molecule has 7 heteroatoms. The van der Waals surface area contributed by atoms with E-state index in [4.69, 9.17) is 10.7 Å². The Morgan fingerprint density at radius 1 is 1.56 bits per heavy atom. The van der Waals surface area contributed by atoms with Crippen LogP contribution >= 0.6 is 10.7 Å². The monoisotopic (exact) mass is 288 g/mol. The lowest BCUT2D eigenvalue weighted by Gasteiger charge is -2.16. The Morgan fingerprint density at radius 3 is 2.83 bits per heavy atom. The van der Waals surface area contributed by atoms with Crippen LogP contribution in [0.1, 0.15) is 17.7 Å². The molecule has 2 rings (SSSR count). The van der Waals surface area contributed by atoms with Crippen LogP contribution < -0.4 is 0 Å². The predicted molar refractivity (Wildman–Crippen MR) is 67.6 cm³/mol. The van der Waals surface area contributed by atoms with Crippen LogP contribution in [0.4, 0.5) is 0 Å². The normalized spacial score (nSPS) is 20.4. The number of nitrogens with zero attached hydrogens (tertiary/aromatic N) is 2. The van der Waals surface area contributed by atoms with E-state index in [0.717, 1.165) is 11.3 Å².